The van der Waals surface area contributed by atoms with E-state index >= 15 is 0 Å². The Hall–Kier alpha value is -3.35. The predicted molar refractivity (Wildman–Crippen MR) is 88.8 cm³/mol. The van der Waals surface area contributed by atoms with Gasteiger partial charge in [-0.25, -0.2) is 4.98 Å². The van der Waals surface area contributed by atoms with Gasteiger partial charge < -0.3 is 9.47 Å². The summed E-state index contributed by atoms with van der Waals surface area (Å²) in [6, 6.07) is 12.8. The van der Waals surface area contributed by atoms with Crippen molar-refractivity contribution in [2.24, 2.45) is 0 Å². The van der Waals surface area contributed by atoms with Gasteiger partial charge in [0.15, 0.2) is 5.75 Å². The molecule has 0 amide bonds. The lowest BCUT2D eigenvalue weighted by molar-refractivity contribution is -0.385. The van der Waals surface area contributed by atoms with Gasteiger partial charge in [-0.2, -0.15) is 0 Å². The topological polar surface area (TPSA) is 79.4 Å². The lowest BCUT2D eigenvalue weighted by atomic mass is 10.1. The number of ether oxygens (including phenoxy) is 2. The fraction of sp³-hybridized carbons (Fsp3) is 0.118. The number of nitro benzene ring substituents is 1. The van der Waals surface area contributed by atoms with Gasteiger partial charge in [-0.05, 0) is 18.2 Å². The van der Waals surface area contributed by atoms with E-state index in [1.807, 2.05) is 34.9 Å². The van der Waals surface area contributed by atoms with Crippen LogP contribution in [0.3, 0.4) is 0 Å². The Bertz CT molecular complexity index is 875. The van der Waals surface area contributed by atoms with E-state index in [4.69, 9.17) is 9.47 Å². The maximum atomic E-state index is 11.4. The van der Waals surface area contributed by atoms with Gasteiger partial charge in [0.25, 0.3) is 0 Å². The average molecular weight is 325 g/mol. The molecule has 0 atom stereocenters. The summed E-state index contributed by atoms with van der Waals surface area (Å²) in [5.41, 5.74) is 2.07. The van der Waals surface area contributed by atoms with Crippen LogP contribution in [-0.4, -0.2) is 28.7 Å². The van der Waals surface area contributed by atoms with E-state index in [0.717, 1.165) is 5.69 Å². The molecule has 0 fully saturated rings. The number of hydrogen-bond donors (Lipinski definition) is 0. The Balaban J connectivity index is 2.20. The Morgan fingerprint density at radius 2 is 1.88 bits per heavy atom. The smallest absolute Gasteiger partial charge is 0.315 e. The minimum Gasteiger partial charge on any atom is -0.493 e. The van der Waals surface area contributed by atoms with Crippen molar-refractivity contribution in [3.63, 3.8) is 0 Å². The van der Waals surface area contributed by atoms with Gasteiger partial charge in [0.05, 0.1) is 37.4 Å². The van der Waals surface area contributed by atoms with Gasteiger partial charge in [-0.15, -0.1) is 0 Å². The summed E-state index contributed by atoms with van der Waals surface area (Å²) < 4.78 is 12.2. The molecule has 1 aromatic heterocycles. The van der Waals surface area contributed by atoms with E-state index in [1.165, 1.54) is 20.3 Å². The molecule has 0 bridgehead atoms. The molecule has 24 heavy (non-hydrogen) atoms. The first-order valence-electron chi connectivity index (χ1n) is 7.14. The molecule has 0 N–H and O–H groups in total. The normalized spacial score (nSPS) is 10.4. The van der Waals surface area contributed by atoms with Crippen LogP contribution in [0.1, 0.15) is 0 Å². The van der Waals surface area contributed by atoms with Crippen molar-refractivity contribution in [1.82, 2.24) is 9.55 Å². The summed E-state index contributed by atoms with van der Waals surface area (Å²) in [5, 5.41) is 11.4. The van der Waals surface area contributed by atoms with Crippen molar-refractivity contribution >= 4 is 5.69 Å². The highest BCUT2D eigenvalue weighted by Gasteiger charge is 2.23. The summed E-state index contributed by atoms with van der Waals surface area (Å²) in [6.07, 6.45) is 3.31. The number of aromatic nitrogens is 2. The maximum absolute atomic E-state index is 11.4. The van der Waals surface area contributed by atoms with Crippen molar-refractivity contribution in [3.05, 3.63) is 65.1 Å². The van der Waals surface area contributed by atoms with Gasteiger partial charge in [0.1, 0.15) is 0 Å². The van der Waals surface area contributed by atoms with Crippen molar-refractivity contribution in [2.45, 2.75) is 0 Å². The number of hydrogen-bond acceptors (Lipinski definition) is 5. The average Bonchev–Trinajstić information content (AvgIpc) is 3.10. The van der Waals surface area contributed by atoms with Crippen LogP contribution in [0.15, 0.2) is 55.0 Å². The van der Waals surface area contributed by atoms with E-state index in [9.17, 15) is 10.1 Å². The molecule has 2 aromatic carbocycles. The number of methoxy groups -OCH3 is 2. The molecule has 0 spiro atoms. The molecule has 0 saturated heterocycles. The molecule has 3 rings (SSSR count). The molecule has 0 unspecified atom stereocenters. The lowest BCUT2D eigenvalue weighted by Gasteiger charge is -2.12. The standard InChI is InChI=1S/C17H15N3O4/c1-23-16-9-12(8-14(20(21)22)17(16)24-2)15-10-18-11-19(15)13-6-4-3-5-7-13/h3-11H,1-2H3. The number of para-hydroxylation sites is 1. The number of nitrogens with zero attached hydrogens (tertiary/aromatic N) is 3. The zero-order valence-corrected chi connectivity index (χ0v) is 13.2. The van der Waals surface area contributed by atoms with Gasteiger partial charge in [0, 0.05) is 17.3 Å². The summed E-state index contributed by atoms with van der Waals surface area (Å²) in [4.78, 5) is 15.0. The highest BCUT2D eigenvalue weighted by atomic mass is 16.6. The van der Waals surface area contributed by atoms with E-state index in [-0.39, 0.29) is 11.4 Å². The fourth-order valence-electron chi connectivity index (χ4n) is 2.53. The molecule has 0 radical (unpaired) electrons. The molecule has 3 aromatic rings. The van der Waals surface area contributed by atoms with Gasteiger partial charge in [-0.1, -0.05) is 18.2 Å². The van der Waals surface area contributed by atoms with Crippen molar-refractivity contribution in [2.75, 3.05) is 14.2 Å². The molecule has 0 aliphatic carbocycles. The van der Waals surface area contributed by atoms with Crippen LogP contribution in [0.25, 0.3) is 16.9 Å². The Labute approximate surface area is 138 Å². The molecule has 0 aliphatic rings. The minimum absolute atomic E-state index is 0.0945. The molecular weight excluding hydrogens is 310 g/mol. The van der Waals surface area contributed by atoms with Crippen LogP contribution in [0, 0.1) is 10.1 Å². The summed E-state index contributed by atoms with van der Waals surface area (Å²) in [5.74, 6) is 0.388. The number of imidazole rings is 1. The van der Waals surface area contributed by atoms with Crippen LogP contribution in [0.2, 0.25) is 0 Å². The minimum atomic E-state index is -0.492. The Morgan fingerprint density at radius 3 is 2.50 bits per heavy atom. The monoisotopic (exact) mass is 325 g/mol. The Kier molecular flexibility index (Phi) is 4.15. The number of nitro groups is 1. The van der Waals surface area contributed by atoms with E-state index < -0.39 is 4.92 Å². The van der Waals surface area contributed by atoms with Crippen molar-refractivity contribution < 1.29 is 14.4 Å². The van der Waals surface area contributed by atoms with Crippen molar-refractivity contribution in [3.8, 4) is 28.4 Å². The van der Waals surface area contributed by atoms with Gasteiger partial charge in [-0.3, -0.25) is 14.7 Å². The fourth-order valence-corrected chi connectivity index (χ4v) is 2.53. The molecular formula is C17H15N3O4. The Morgan fingerprint density at radius 1 is 1.12 bits per heavy atom. The first-order valence-corrected chi connectivity index (χ1v) is 7.14. The lowest BCUT2D eigenvalue weighted by Crippen LogP contribution is -2.00. The highest BCUT2D eigenvalue weighted by Crippen LogP contribution is 2.41. The van der Waals surface area contributed by atoms with E-state index in [1.54, 1.807) is 18.6 Å². The second-order valence-corrected chi connectivity index (χ2v) is 4.97. The quantitative estimate of drug-likeness (QED) is 0.530. The summed E-state index contributed by atoms with van der Waals surface area (Å²) in [7, 11) is 2.82. The van der Waals surface area contributed by atoms with Crippen LogP contribution >= 0.6 is 0 Å². The van der Waals surface area contributed by atoms with Crippen LogP contribution in [0.5, 0.6) is 11.5 Å². The van der Waals surface area contributed by atoms with Gasteiger partial charge >= 0.3 is 5.69 Å². The van der Waals surface area contributed by atoms with Crippen molar-refractivity contribution in [1.29, 1.82) is 0 Å². The van der Waals surface area contributed by atoms with Crippen LogP contribution in [-0.2, 0) is 0 Å². The molecule has 122 valence electrons. The zero-order chi connectivity index (χ0) is 17.1. The number of benzene rings is 2. The van der Waals surface area contributed by atoms with E-state index in [2.05, 4.69) is 4.98 Å². The molecule has 1 heterocycles. The summed E-state index contributed by atoms with van der Waals surface area (Å²) in [6.45, 7) is 0. The van der Waals surface area contributed by atoms with Crippen LogP contribution in [0.4, 0.5) is 5.69 Å². The first-order chi connectivity index (χ1) is 11.7. The van der Waals surface area contributed by atoms with Gasteiger partial charge in [0.2, 0.25) is 5.75 Å². The number of rotatable bonds is 5. The third-order valence-corrected chi connectivity index (χ3v) is 3.62. The second kappa shape index (κ2) is 6.41. The molecule has 7 heteroatoms. The molecule has 0 aliphatic heterocycles. The predicted octanol–water partition coefficient (Wildman–Crippen LogP) is 3.46. The zero-order valence-electron chi connectivity index (χ0n) is 13.2. The largest absolute Gasteiger partial charge is 0.493 e. The van der Waals surface area contributed by atoms with E-state index in [0.29, 0.717) is 17.0 Å². The van der Waals surface area contributed by atoms with Crippen LogP contribution < -0.4 is 9.47 Å². The molecule has 0 saturated carbocycles. The first kappa shape index (κ1) is 15.5. The maximum Gasteiger partial charge on any atom is 0.315 e. The summed E-state index contributed by atoms with van der Waals surface area (Å²) >= 11 is 0. The molecule has 7 nitrogen and oxygen atoms in total. The SMILES string of the molecule is COc1cc(-c2cncn2-c2ccccc2)cc([N+](=O)[O-])c1OC. The third-order valence-electron chi connectivity index (χ3n) is 3.62. The second-order valence-electron chi connectivity index (χ2n) is 4.97. The third kappa shape index (κ3) is 2.67. The highest BCUT2D eigenvalue weighted by molar-refractivity contribution is 5.72.